The van der Waals surface area contributed by atoms with Crippen molar-refractivity contribution in [1.82, 2.24) is 4.90 Å². The minimum absolute atomic E-state index is 0.145. The fourth-order valence-corrected chi connectivity index (χ4v) is 3.89. The van der Waals surface area contributed by atoms with E-state index in [1.54, 1.807) is 0 Å². The highest BCUT2D eigenvalue weighted by Gasteiger charge is 2.63. The summed E-state index contributed by atoms with van der Waals surface area (Å²) in [6.07, 6.45) is 1.76. The zero-order valence-corrected chi connectivity index (χ0v) is 8.68. The third-order valence-corrected chi connectivity index (χ3v) is 4.37. The Morgan fingerprint density at radius 1 is 1.43 bits per heavy atom. The molecule has 3 aliphatic rings. The number of rotatable bonds is 1. The van der Waals surface area contributed by atoms with Crippen LogP contribution < -0.4 is 0 Å². The first-order chi connectivity index (χ1) is 6.61. The normalized spacial score (nSPS) is 49.9. The lowest BCUT2D eigenvalue weighted by Gasteiger charge is -2.31. The van der Waals surface area contributed by atoms with Crippen LogP contribution in [0.1, 0.15) is 26.7 Å². The van der Waals surface area contributed by atoms with E-state index < -0.39 is 0 Å². The number of carbonyl (C=O) groups is 1. The summed E-state index contributed by atoms with van der Waals surface area (Å²) in [6, 6.07) is 0.387. The van der Waals surface area contributed by atoms with Gasteiger partial charge in [-0.05, 0) is 38.5 Å². The van der Waals surface area contributed by atoms with E-state index in [2.05, 4.69) is 0 Å². The number of likely N-dealkylation sites (tertiary alicyclic amines) is 1. The van der Waals surface area contributed by atoms with Crippen LogP contribution in [0.4, 0.5) is 0 Å². The van der Waals surface area contributed by atoms with Gasteiger partial charge in [-0.1, -0.05) is 0 Å². The van der Waals surface area contributed by atoms with Crippen LogP contribution in [0.3, 0.4) is 0 Å². The molecule has 5 atom stereocenters. The van der Waals surface area contributed by atoms with Gasteiger partial charge in [-0.3, -0.25) is 4.79 Å². The molecule has 1 amide bonds. The van der Waals surface area contributed by atoms with Crippen LogP contribution in [0.25, 0.3) is 0 Å². The van der Waals surface area contributed by atoms with Crippen molar-refractivity contribution < 1.29 is 9.90 Å². The molecule has 2 saturated carbocycles. The van der Waals surface area contributed by atoms with Crippen LogP contribution in [0, 0.1) is 17.8 Å². The summed E-state index contributed by atoms with van der Waals surface area (Å²) in [5, 5.41) is 10.0. The largest absolute Gasteiger partial charge is 0.391 e. The van der Waals surface area contributed by atoms with E-state index in [1.807, 2.05) is 18.7 Å². The summed E-state index contributed by atoms with van der Waals surface area (Å²) in [6.45, 7) is 4.09. The number of amides is 1. The quantitative estimate of drug-likeness (QED) is 0.666. The number of hydrogen-bond donors (Lipinski definition) is 1. The van der Waals surface area contributed by atoms with Gasteiger partial charge in [-0.15, -0.1) is 0 Å². The van der Waals surface area contributed by atoms with Crippen molar-refractivity contribution in [3.05, 3.63) is 0 Å². The predicted molar refractivity (Wildman–Crippen MR) is 51.5 cm³/mol. The van der Waals surface area contributed by atoms with E-state index in [1.165, 1.54) is 0 Å². The minimum atomic E-state index is -0.245. The van der Waals surface area contributed by atoms with Crippen molar-refractivity contribution in [2.75, 3.05) is 0 Å². The van der Waals surface area contributed by atoms with Crippen molar-refractivity contribution in [2.24, 2.45) is 17.8 Å². The fraction of sp³-hybridized carbons (Fsp3) is 0.909. The Morgan fingerprint density at radius 2 is 2.14 bits per heavy atom. The van der Waals surface area contributed by atoms with Crippen LogP contribution in [0.2, 0.25) is 0 Å². The van der Waals surface area contributed by atoms with Gasteiger partial charge in [0.15, 0.2) is 0 Å². The van der Waals surface area contributed by atoms with Gasteiger partial charge in [0.2, 0.25) is 5.91 Å². The first-order valence-electron chi connectivity index (χ1n) is 5.61. The molecule has 1 N–H and O–H groups in total. The Hall–Kier alpha value is -0.570. The number of hydrogen-bond acceptors (Lipinski definition) is 2. The average molecular weight is 195 g/mol. The lowest BCUT2D eigenvalue weighted by atomic mass is 9.88. The summed E-state index contributed by atoms with van der Waals surface area (Å²) in [7, 11) is 0. The highest BCUT2D eigenvalue weighted by molar-refractivity contribution is 5.83. The summed E-state index contributed by atoms with van der Waals surface area (Å²) >= 11 is 0. The molecule has 0 aromatic carbocycles. The summed E-state index contributed by atoms with van der Waals surface area (Å²) < 4.78 is 0. The van der Waals surface area contributed by atoms with E-state index in [-0.39, 0.29) is 24.1 Å². The zero-order chi connectivity index (χ0) is 10.0. The molecule has 1 aliphatic heterocycles. The molecule has 1 heterocycles. The zero-order valence-electron chi connectivity index (χ0n) is 8.68. The van der Waals surface area contributed by atoms with E-state index in [0.29, 0.717) is 17.7 Å². The molecular formula is C11H17NO2. The van der Waals surface area contributed by atoms with Gasteiger partial charge in [-0.2, -0.15) is 0 Å². The Labute approximate surface area is 84.1 Å². The van der Waals surface area contributed by atoms with Crippen molar-refractivity contribution in [1.29, 1.82) is 0 Å². The minimum Gasteiger partial charge on any atom is -0.391 e. The molecule has 0 radical (unpaired) electrons. The average Bonchev–Trinajstić information content (AvgIpc) is 2.68. The monoisotopic (exact) mass is 195 g/mol. The van der Waals surface area contributed by atoms with Gasteiger partial charge < -0.3 is 10.0 Å². The van der Waals surface area contributed by atoms with Crippen LogP contribution in [-0.4, -0.2) is 34.1 Å². The maximum atomic E-state index is 12.0. The Bertz CT molecular complexity index is 289. The molecule has 3 rings (SSSR count). The lowest BCUT2D eigenvalue weighted by Crippen LogP contribution is -2.45. The molecule has 3 nitrogen and oxygen atoms in total. The number of nitrogens with zero attached hydrogens (tertiary/aromatic N) is 1. The van der Waals surface area contributed by atoms with Gasteiger partial charge in [0.05, 0.1) is 12.1 Å². The Balaban J connectivity index is 2.00. The first-order valence-corrected chi connectivity index (χ1v) is 5.61. The van der Waals surface area contributed by atoms with E-state index >= 15 is 0 Å². The second-order valence-corrected chi connectivity index (χ2v) is 5.32. The fourth-order valence-electron chi connectivity index (χ4n) is 3.89. The standard InChI is InChI=1S/C11H17NO2/c1-5(2)12-9-7-3-6(10(9)13)4-8(7)11(12)14/h5-10,13H,3-4H2,1-2H3. The smallest absolute Gasteiger partial charge is 0.226 e. The van der Waals surface area contributed by atoms with Crippen molar-refractivity contribution in [3.8, 4) is 0 Å². The number of aliphatic hydroxyl groups excluding tert-OH is 1. The topological polar surface area (TPSA) is 40.5 Å². The van der Waals surface area contributed by atoms with Gasteiger partial charge in [0, 0.05) is 12.0 Å². The molecule has 0 spiro atoms. The molecule has 14 heavy (non-hydrogen) atoms. The third kappa shape index (κ3) is 0.800. The van der Waals surface area contributed by atoms with Crippen molar-refractivity contribution >= 4 is 5.91 Å². The van der Waals surface area contributed by atoms with Crippen molar-refractivity contribution in [2.45, 2.75) is 44.9 Å². The highest BCUT2D eigenvalue weighted by atomic mass is 16.3. The second-order valence-electron chi connectivity index (χ2n) is 5.32. The van der Waals surface area contributed by atoms with Gasteiger partial charge in [0.1, 0.15) is 0 Å². The number of carbonyl (C=O) groups excluding carboxylic acids is 1. The maximum absolute atomic E-state index is 12.0. The van der Waals surface area contributed by atoms with Gasteiger partial charge >= 0.3 is 0 Å². The van der Waals surface area contributed by atoms with E-state index in [4.69, 9.17) is 0 Å². The molecule has 2 bridgehead atoms. The molecular weight excluding hydrogens is 178 g/mol. The van der Waals surface area contributed by atoms with Gasteiger partial charge in [-0.25, -0.2) is 0 Å². The third-order valence-electron chi connectivity index (χ3n) is 4.37. The Kier molecular flexibility index (Phi) is 1.56. The predicted octanol–water partition coefficient (Wildman–Crippen LogP) is 0.622. The molecule has 0 aromatic heterocycles. The first kappa shape index (κ1) is 8.72. The molecule has 3 fully saturated rings. The summed E-state index contributed by atoms with van der Waals surface area (Å²) in [4.78, 5) is 14.0. The molecule has 3 heteroatoms. The van der Waals surface area contributed by atoms with Crippen LogP contribution in [-0.2, 0) is 4.79 Å². The van der Waals surface area contributed by atoms with E-state index in [9.17, 15) is 9.90 Å². The lowest BCUT2D eigenvalue weighted by molar-refractivity contribution is -0.133. The SMILES string of the molecule is CC(C)N1C(=O)C2CC3CC2C1C3O. The molecule has 0 aromatic rings. The summed E-state index contributed by atoms with van der Waals surface area (Å²) in [5.41, 5.74) is 0. The van der Waals surface area contributed by atoms with Crippen LogP contribution >= 0.6 is 0 Å². The molecule has 5 unspecified atom stereocenters. The van der Waals surface area contributed by atoms with E-state index in [0.717, 1.165) is 12.8 Å². The molecule has 1 saturated heterocycles. The number of fused-ring (bicyclic) bond motifs is 1. The van der Waals surface area contributed by atoms with Crippen LogP contribution in [0.15, 0.2) is 0 Å². The maximum Gasteiger partial charge on any atom is 0.226 e. The number of aliphatic hydroxyl groups is 1. The Morgan fingerprint density at radius 3 is 2.71 bits per heavy atom. The molecule has 78 valence electrons. The van der Waals surface area contributed by atoms with Crippen molar-refractivity contribution in [3.63, 3.8) is 0 Å². The second kappa shape index (κ2) is 2.51. The summed E-state index contributed by atoms with van der Waals surface area (Å²) in [5.74, 6) is 1.41. The highest BCUT2D eigenvalue weighted by Crippen LogP contribution is 2.55. The van der Waals surface area contributed by atoms with Gasteiger partial charge in [0.25, 0.3) is 0 Å². The van der Waals surface area contributed by atoms with Crippen LogP contribution in [0.5, 0.6) is 0 Å². The molecule has 2 aliphatic carbocycles.